The molecule has 1 N–H and O–H groups in total. The normalized spacial score (nSPS) is 12.0. The van der Waals surface area contributed by atoms with Gasteiger partial charge >= 0.3 is 0 Å². The van der Waals surface area contributed by atoms with Gasteiger partial charge in [-0.1, -0.05) is 30.3 Å². The van der Waals surface area contributed by atoms with Gasteiger partial charge in [-0.05, 0) is 42.8 Å². The summed E-state index contributed by atoms with van der Waals surface area (Å²) in [5.41, 5.74) is 3.73. The smallest absolute Gasteiger partial charge is 0.223 e. The third-order valence-electron chi connectivity index (χ3n) is 4.82. The van der Waals surface area contributed by atoms with Gasteiger partial charge in [0.25, 0.3) is 0 Å². The fraction of sp³-hybridized carbons (Fsp3) is 0.174. The van der Waals surface area contributed by atoms with Crippen LogP contribution in [0.25, 0.3) is 22.6 Å². The second-order valence-electron chi connectivity index (χ2n) is 6.87. The zero-order valence-electron chi connectivity index (χ0n) is 16.5. The topological polar surface area (TPSA) is 55.6 Å². The van der Waals surface area contributed by atoms with E-state index < -0.39 is 6.67 Å². The predicted molar refractivity (Wildman–Crippen MR) is 113 cm³/mol. The van der Waals surface area contributed by atoms with Crippen LogP contribution in [0.1, 0.15) is 18.5 Å². The van der Waals surface area contributed by atoms with Crippen LogP contribution < -0.4 is 5.32 Å². The maximum absolute atomic E-state index is 13.4. The standard InChI is InChI=1S/C23H21F2N5/c1-16(17-5-3-2-4-6-17)28-23-26-13-11-20(29-23)22-21(27-15-30(22)14-12-24)18-7-9-19(25)10-8-18/h2-11,13,15-16H,12,14H2,1H3,(H,26,28,29)/t16-/m1/s1. The van der Waals surface area contributed by atoms with Crippen molar-refractivity contribution in [2.45, 2.75) is 19.5 Å². The van der Waals surface area contributed by atoms with Crippen LogP contribution in [0.15, 0.2) is 73.2 Å². The Kier molecular flexibility index (Phi) is 5.79. The number of benzene rings is 2. The van der Waals surface area contributed by atoms with Crippen LogP contribution in [0.2, 0.25) is 0 Å². The molecule has 7 heteroatoms. The highest BCUT2D eigenvalue weighted by Crippen LogP contribution is 2.31. The highest BCUT2D eigenvalue weighted by atomic mass is 19.1. The molecule has 0 saturated heterocycles. The molecule has 1 atom stereocenters. The summed E-state index contributed by atoms with van der Waals surface area (Å²) in [6.07, 6.45) is 3.24. The van der Waals surface area contributed by atoms with E-state index in [1.54, 1.807) is 35.3 Å². The molecular weight excluding hydrogens is 384 g/mol. The Morgan fingerprint density at radius 3 is 2.50 bits per heavy atom. The first-order valence-electron chi connectivity index (χ1n) is 9.67. The molecule has 0 unspecified atom stereocenters. The zero-order valence-corrected chi connectivity index (χ0v) is 16.5. The SMILES string of the molecule is C[C@@H](Nc1nccc(-c2c(-c3ccc(F)cc3)ncn2CCF)n1)c1ccccc1. The molecule has 2 heterocycles. The van der Waals surface area contributed by atoms with Gasteiger partial charge in [0.1, 0.15) is 12.5 Å². The monoisotopic (exact) mass is 405 g/mol. The second-order valence-corrected chi connectivity index (χ2v) is 6.87. The van der Waals surface area contributed by atoms with Gasteiger partial charge in [-0.15, -0.1) is 0 Å². The van der Waals surface area contributed by atoms with E-state index in [1.807, 2.05) is 37.3 Å². The molecule has 0 fully saturated rings. The van der Waals surface area contributed by atoms with Gasteiger partial charge < -0.3 is 9.88 Å². The molecule has 4 aromatic rings. The molecule has 0 saturated carbocycles. The zero-order chi connectivity index (χ0) is 20.9. The lowest BCUT2D eigenvalue weighted by Gasteiger charge is -2.15. The summed E-state index contributed by atoms with van der Waals surface area (Å²) in [5.74, 6) is 0.133. The Morgan fingerprint density at radius 1 is 1.00 bits per heavy atom. The van der Waals surface area contributed by atoms with E-state index in [0.717, 1.165) is 11.1 Å². The van der Waals surface area contributed by atoms with E-state index in [-0.39, 0.29) is 18.4 Å². The molecule has 0 aliphatic carbocycles. The van der Waals surface area contributed by atoms with Crippen molar-refractivity contribution in [3.8, 4) is 22.6 Å². The number of rotatable bonds is 7. The molecule has 2 aromatic heterocycles. The fourth-order valence-corrected chi connectivity index (χ4v) is 3.31. The lowest BCUT2D eigenvalue weighted by atomic mass is 10.1. The Morgan fingerprint density at radius 2 is 1.77 bits per heavy atom. The molecular formula is C23H21F2N5. The largest absolute Gasteiger partial charge is 0.348 e. The van der Waals surface area contributed by atoms with Gasteiger partial charge in [-0.25, -0.2) is 23.7 Å². The van der Waals surface area contributed by atoms with Crippen molar-refractivity contribution in [1.82, 2.24) is 19.5 Å². The van der Waals surface area contributed by atoms with E-state index in [1.165, 1.54) is 12.1 Å². The number of nitrogens with zero attached hydrogens (tertiary/aromatic N) is 4. The highest BCUT2D eigenvalue weighted by molar-refractivity contribution is 5.77. The summed E-state index contributed by atoms with van der Waals surface area (Å²) >= 11 is 0. The maximum Gasteiger partial charge on any atom is 0.223 e. The van der Waals surface area contributed by atoms with Gasteiger partial charge in [0.05, 0.1) is 36.0 Å². The van der Waals surface area contributed by atoms with Crippen molar-refractivity contribution in [2.24, 2.45) is 0 Å². The van der Waals surface area contributed by atoms with Gasteiger partial charge in [-0.3, -0.25) is 0 Å². The molecule has 0 amide bonds. The summed E-state index contributed by atoms with van der Waals surface area (Å²) in [7, 11) is 0. The van der Waals surface area contributed by atoms with Crippen molar-refractivity contribution in [3.05, 3.63) is 84.6 Å². The van der Waals surface area contributed by atoms with Crippen LogP contribution in [0, 0.1) is 5.82 Å². The molecule has 30 heavy (non-hydrogen) atoms. The van der Waals surface area contributed by atoms with E-state index >= 15 is 0 Å². The second kappa shape index (κ2) is 8.82. The van der Waals surface area contributed by atoms with E-state index in [0.29, 0.717) is 23.0 Å². The number of imidazole rings is 1. The molecule has 0 spiro atoms. The van der Waals surface area contributed by atoms with Crippen LogP contribution in [0.3, 0.4) is 0 Å². The molecule has 2 aromatic carbocycles. The minimum absolute atomic E-state index is 0.00812. The molecule has 4 rings (SSSR count). The lowest BCUT2D eigenvalue weighted by molar-refractivity contribution is 0.447. The first-order chi connectivity index (χ1) is 14.7. The minimum Gasteiger partial charge on any atom is -0.348 e. The van der Waals surface area contributed by atoms with Crippen molar-refractivity contribution in [1.29, 1.82) is 0 Å². The summed E-state index contributed by atoms with van der Waals surface area (Å²) in [6.45, 7) is 1.65. The number of aryl methyl sites for hydroxylation is 1. The van der Waals surface area contributed by atoms with Crippen molar-refractivity contribution >= 4 is 5.95 Å². The fourth-order valence-electron chi connectivity index (χ4n) is 3.31. The van der Waals surface area contributed by atoms with Gasteiger partial charge in [0.15, 0.2) is 0 Å². The average Bonchev–Trinajstić information content (AvgIpc) is 3.19. The summed E-state index contributed by atoms with van der Waals surface area (Å²) in [6, 6.07) is 17.8. The molecule has 152 valence electrons. The molecule has 0 aliphatic rings. The van der Waals surface area contributed by atoms with Gasteiger partial charge in [-0.2, -0.15) is 0 Å². The number of hydrogen-bond donors (Lipinski definition) is 1. The molecule has 5 nitrogen and oxygen atoms in total. The Labute approximate surface area is 173 Å². The minimum atomic E-state index is -0.534. The highest BCUT2D eigenvalue weighted by Gasteiger charge is 2.17. The van der Waals surface area contributed by atoms with Gasteiger partial charge in [0, 0.05) is 11.8 Å². The number of aromatic nitrogens is 4. The molecule has 0 aliphatic heterocycles. The summed E-state index contributed by atoms with van der Waals surface area (Å²) in [5, 5.41) is 3.30. The van der Waals surface area contributed by atoms with Crippen molar-refractivity contribution < 1.29 is 8.78 Å². The summed E-state index contributed by atoms with van der Waals surface area (Å²) < 4.78 is 28.2. The Bertz CT molecular complexity index is 1110. The molecule has 0 radical (unpaired) electrons. The number of nitrogens with one attached hydrogen (secondary N) is 1. The van der Waals surface area contributed by atoms with Crippen molar-refractivity contribution in [3.63, 3.8) is 0 Å². The number of alkyl halides is 1. The summed E-state index contributed by atoms with van der Waals surface area (Å²) in [4.78, 5) is 13.4. The van der Waals surface area contributed by atoms with Crippen molar-refractivity contribution in [2.75, 3.05) is 12.0 Å². The Balaban J connectivity index is 1.70. The Hall–Kier alpha value is -3.61. The van der Waals surface area contributed by atoms with E-state index in [4.69, 9.17) is 0 Å². The van der Waals surface area contributed by atoms with Crippen LogP contribution in [0.5, 0.6) is 0 Å². The third-order valence-corrected chi connectivity index (χ3v) is 4.82. The quantitative estimate of drug-likeness (QED) is 0.454. The first kappa shape index (κ1) is 19.7. The maximum atomic E-state index is 13.4. The van der Waals surface area contributed by atoms with Crippen LogP contribution in [-0.4, -0.2) is 26.2 Å². The van der Waals surface area contributed by atoms with Crippen LogP contribution in [0.4, 0.5) is 14.7 Å². The van der Waals surface area contributed by atoms with E-state index in [9.17, 15) is 8.78 Å². The van der Waals surface area contributed by atoms with Crippen LogP contribution >= 0.6 is 0 Å². The van der Waals surface area contributed by atoms with E-state index in [2.05, 4.69) is 20.3 Å². The molecule has 0 bridgehead atoms. The predicted octanol–water partition coefficient (Wildman–Crippen LogP) is 5.29. The third kappa shape index (κ3) is 4.20. The number of hydrogen-bond acceptors (Lipinski definition) is 4. The number of halogens is 2. The number of anilines is 1. The van der Waals surface area contributed by atoms with Gasteiger partial charge in [0.2, 0.25) is 5.95 Å². The van der Waals surface area contributed by atoms with Crippen LogP contribution in [-0.2, 0) is 6.54 Å². The first-order valence-corrected chi connectivity index (χ1v) is 9.67. The lowest BCUT2D eigenvalue weighted by Crippen LogP contribution is -2.10. The average molecular weight is 405 g/mol.